The first-order valence-electron chi connectivity index (χ1n) is 9.48. The van der Waals surface area contributed by atoms with Crippen LogP contribution in [0.1, 0.15) is 43.1 Å². The summed E-state index contributed by atoms with van der Waals surface area (Å²) < 4.78 is 5.00. The molecule has 3 rings (SSSR count). The van der Waals surface area contributed by atoms with Gasteiger partial charge in [-0.2, -0.15) is 0 Å². The molecule has 2 aliphatic rings. The maximum Gasteiger partial charge on any atom is 0.409 e. The van der Waals surface area contributed by atoms with Crippen LogP contribution in [0.3, 0.4) is 0 Å². The van der Waals surface area contributed by atoms with E-state index in [1.165, 1.54) is 25.7 Å². The van der Waals surface area contributed by atoms with Gasteiger partial charge in [0.05, 0.1) is 6.61 Å². The minimum atomic E-state index is -0.318. The summed E-state index contributed by atoms with van der Waals surface area (Å²) in [6.07, 6.45) is 4.55. The topological polar surface area (TPSA) is 78.9 Å². The van der Waals surface area contributed by atoms with Crippen LogP contribution < -0.4 is 4.90 Å². The lowest BCUT2D eigenvalue weighted by Crippen LogP contribution is -2.50. The third-order valence-corrected chi connectivity index (χ3v) is 4.89. The maximum absolute atomic E-state index is 12.6. The standard InChI is InChI=1S/C18H27N5O3/c1-2-26-18(25)23-13-11-22(12-14-23)17(24)15-7-8-16(20-19-15)21-9-5-3-4-6-10-21/h7-8H,2-6,9-14H2,1H3. The van der Waals surface area contributed by atoms with E-state index in [4.69, 9.17) is 4.74 Å². The monoisotopic (exact) mass is 361 g/mol. The fourth-order valence-electron chi connectivity index (χ4n) is 3.38. The van der Waals surface area contributed by atoms with Gasteiger partial charge in [-0.3, -0.25) is 4.79 Å². The zero-order chi connectivity index (χ0) is 18.4. The van der Waals surface area contributed by atoms with Crippen LogP contribution in [0.4, 0.5) is 10.6 Å². The number of carbonyl (C=O) groups excluding carboxylic acids is 2. The second kappa shape index (κ2) is 8.82. The normalized spacial score (nSPS) is 18.4. The van der Waals surface area contributed by atoms with E-state index < -0.39 is 0 Å². The average Bonchev–Trinajstić information content (AvgIpc) is 2.97. The lowest BCUT2D eigenvalue weighted by Gasteiger charge is -2.33. The number of amides is 2. The third-order valence-electron chi connectivity index (χ3n) is 4.89. The first kappa shape index (κ1) is 18.4. The van der Waals surface area contributed by atoms with E-state index in [1.807, 2.05) is 6.07 Å². The highest BCUT2D eigenvalue weighted by Crippen LogP contribution is 2.17. The summed E-state index contributed by atoms with van der Waals surface area (Å²) in [6.45, 7) is 6.05. The maximum atomic E-state index is 12.6. The van der Waals surface area contributed by atoms with Gasteiger partial charge in [0.1, 0.15) is 0 Å². The fraction of sp³-hybridized carbons (Fsp3) is 0.667. The molecule has 142 valence electrons. The molecule has 1 aromatic heterocycles. The molecule has 0 radical (unpaired) electrons. The molecule has 2 saturated heterocycles. The molecule has 0 saturated carbocycles. The highest BCUT2D eigenvalue weighted by atomic mass is 16.6. The van der Waals surface area contributed by atoms with Gasteiger partial charge in [0.15, 0.2) is 11.5 Å². The molecule has 1 aromatic rings. The molecule has 0 spiro atoms. The molecule has 0 atom stereocenters. The van der Waals surface area contributed by atoms with E-state index in [0.717, 1.165) is 18.9 Å². The van der Waals surface area contributed by atoms with Crippen molar-refractivity contribution in [2.24, 2.45) is 0 Å². The van der Waals surface area contributed by atoms with Crippen molar-refractivity contribution in [1.82, 2.24) is 20.0 Å². The smallest absolute Gasteiger partial charge is 0.409 e. The largest absolute Gasteiger partial charge is 0.450 e. The van der Waals surface area contributed by atoms with Gasteiger partial charge in [-0.15, -0.1) is 10.2 Å². The molecule has 0 aromatic carbocycles. The Morgan fingerprint density at radius 1 is 0.923 bits per heavy atom. The van der Waals surface area contributed by atoms with E-state index >= 15 is 0 Å². The lowest BCUT2D eigenvalue weighted by atomic mass is 10.2. The van der Waals surface area contributed by atoms with Crippen molar-refractivity contribution in [2.75, 3.05) is 50.8 Å². The minimum absolute atomic E-state index is 0.136. The van der Waals surface area contributed by atoms with Crippen LogP contribution in [-0.2, 0) is 4.74 Å². The van der Waals surface area contributed by atoms with Crippen LogP contribution in [0.15, 0.2) is 12.1 Å². The summed E-state index contributed by atoms with van der Waals surface area (Å²) in [4.78, 5) is 29.9. The molecule has 2 aliphatic heterocycles. The third kappa shape index (κ3) is 4.42. The summed E-state index contributed by atoms with van der Waals surface area (Å²) in [5, 5.41) is 8.43. The number of ether oxygens (including phenoxy) is 1. The molecule has 2 fully saturated rings. The second-order valence-electron chi connectivity index (χ2n) is 6.66. The van der Waals surface area contributed by atoms with Gasteiger partial charge in [0, 0.05) is 39.3 Å². The molecule has 8 nitrogen and oxygen atoms in total. The zero-order valence-corrected chi connectivity index (χ0v) is 15.4. The van der Waals surface area contributed by atoms with Gasteiger partial charge in [-0.05, 0) is 31.9 Å². The highest BCUT2D eigenvalue weighted by Gasteiger charge is 2.26. The van der Waals surface area contributed by atoms with Crippen molar-refractivity contribution in [3.05, 3.63) is 17.8 Å². The van der Waals surface area contributed by atoms with Gasteiger partial charge in [0.25, 0.3) is 5.91 Å². The van der Waals surface area contributed by atoms with Crippen LogP contribution in [-0.4, -0.2) is 77.9 Å². The predicted molar refractivity (Wildman–Crippen MR) is 97.2 cm³/mol. The van der Waals surface area contributed by atoms with Gasteiger partial charge in [0.2, 0.25) is 0 Å². The van der Waals surface area contributed by atoms with Crippen molar-refractivity contribution < 1.29 is 14.3 Å². The summed E-state index contributed by atoms with van der Waals surface area (Å²) >= 11 is 0. The Morgan fingerprint density at radius 3 is 2.15 bits per heavy atom. The zero-order valence-electron chi connectivity index (χ0n) is 15.4. The van der Waals surface area contributed by atoms with Crippen LogP contribution in [0.5, 0.6) is 0 Å². The molecular formula is C18H27N5O3. The first-order valence-corrected chi connectivity index (χ1v) is 9.48. The van der Waals surface area contributed by atoms with Gasteiger partial charge >= 0.3 is 6.09 Å². The second-order valence-corrected chi connectivity index (χ2v) is 6.66. The van der Waals surface area contributed by atoms with Crippen molar-refractivity contribution in [1.29, 1.82) is 0 Å². The van der Waals surface area contributed by atoms with E-state index in [9.17, 15) is 9.59 Å². The van der Waals surface area contributed by atoms with E-state index in [-0.39, 0.29) is 12.0 Å². The quantitative estimate of drug-likeness (QED) is 0.816. The Bertz CT molecular complexity index is 606. The summed E-state index contributed by atoms with van der Waals surface area (Å²) in [5.74, 6) is 0.707. The number of anilines is 1. The average molecular weight is 361 g/mol. The molecule has 26 heavy (non-hydrogen) atoms. The van der Waals surface area contributed by atoms with Crippen molar-refractivity contribution in [3.63, 3.8) is 0 Å². The van der Waals surface area contributed by atoms with Gasteiger partial charge in [-0.25, -0.2) is 4.79 Å². The Labute approximate surface area is 154 Å². The van der Waals surface area contributed by atoms with Crippen LogP contribution in [0.2, 0.25) is 0 Å². The van der Waals surface area contributed by atoms with Crippen LogP contribution in [0.25, 0.3) is 0 Å². The predicted octanol–water partition coefficient (Wildman–Crippen LogP) is 1.77. The number of carbonyl (C=O) groups is 2. The SMILES string of the molecule is CCOC(=O)N1CCN(C(=O)c2ccc(N3CCCCCC3)nn2)CC1. The molecule has 2 amide bonds. The Balaban J connectivity index is 1.56. The van der Waals surface area contributed by atoms with E-state index in [1.54, 1.807) is 22.8 Å². The lowest BCUT2D eigenvalue weighted by molar-refractivity contribution is 0.0565. The molecule has 8 heteroatoms. The Morgan fingerprint density at radius 2 is 1.58 bits per heavy atom. The molecule has 0 bridgehead atoms. The summed E-state index contributed by atoms with van der Waals surface area (Å²) in [5.41, 5.74) is 0.355. The number of piperazine rings is 1. The van der Waals surface area contributed by atoms with Gasteiger partial charge in [-0.1, -0.05) is 12.8 Å². The van der Waals surface area contributed by atoms with Crippen LogP contribution >= 0.6 is 0 Å². The fourth-order valence-corrected chi connectivity index (χ4v) is 3.38. The Hall–Kier alpha value is -2.38. The van der Waals surface area contributed by atoms with Crippen molar-refractivity contribution >= 4 is 17.8 Å². The summed E-state index contributed by atoms with van der Waals surface area (Å²) in [6, 6.07) is 3.65. The Kier molecular flexibility index (Phi) is 6.25. The number of nitrogens with zero attached hydrogens (tertiary/aromatic N) is 5. The molecule has 0 N–H and O–H groups in total. The molecular weight excluding hydrogens is 334 g/mol. The molecule has 3 heterocycles. The minimum Gasteiger partial charge on any atom is -0.450 e. The van der Waals surface area contributed by atoms with Gasteiger partial charge < -0.3 is 19.4 Å². The number of aromatic nitrogens is 2. The van der Waals surface area contributed by atoms with Crippen molar-refractivity contribution in [3.8, 4) is 0 Å². The first-order chi connectivity index (χ1) is 12.7. The number of rotatable bonds is 3. The van der Waals surface area contributed by atoms with E-state index in [0.29, 0.717) is 38.5 Å². The number of hydrogen-bond acceptors (Lipinski definition) is 6. The van der Waals surface area contributed by atoms with Crippen LogP contribution in [0, 0.1) is 0 Å². The molecule has 0 aliphatic carbocycles. The van der Waals surface area contributed by atoms with E-state index in [2.05, 4.69) is 15.1 Å². The summed E-state index contributed by atoms with van der Waals surface area (Å²) in [7, 11) is 0. The highest BCUT2D eigenvalue weighted by molar-refractivity contribution is 5.92. The molecule has 0 unspecified atom stereocenters. The van der Waals surface area contributed by atoms with Crippen molar-refractivity contribution in [2.45, 2.75) is 32.6 Å². The number of hydrogen-bond donors (Lipinski definition) is 0.